The van der Waals surface area contributed by atoms with E-state index >= 15 is 0 Å². The van der Waals surface area contributed by atoms with Crippen LogP contribution in [0.1, 0.15) is 12.6 Å². The number of hydrogen-bond acceptors (Lipinski definition) is 3. The summed E-state index contributed by atoms with van der Waals surface area (Å²) in [5.41, 5.74) is 0.858. The molecule has 1 rings (SSSR count). The molecular weight excluding hydrogens is 176 g/mol. The largest absolute Gasteiger partial charge is 0.381 e. The second-order valence-electron chi connectivity index (χ2n) is 2.58. The lowest BCUT2D eigenvalue weighted by Gasteiger charge is -2.07. The van der Waals surface area contributed by atoms with Gasteiger partial charge in [-0.1, -0.05) is 11.6 Å². The summed E-state index contributed by atoms with van der Waals surface area (Å²) in [5.74, 6) is 0. The second kappa shape index (κ2) is 4.38. The lowest BCUT2D eigenvalue weighted by molar-refractivity contribution is 0.118. The van der Waals surface area contributed by atoms with E-state index in [1.54, 1.807) is 13.3 Å². The molecule has 0 aromatic carbocycles. The predicted octanol–water partition coefficient (Wildman–Crippen LogP) is 1.71. The summed E-state index contributed by atoms with van der Waals surface area (Å²) in [5, 5.41) is 0.427. The smallest absolute Gasteiger partial charge is 0.147 e. The van der Waals surface area contributed by atoms with Crippen LogP contribution in [0.5, 0.6) is 0 Å². The minimum Gasteiger partial charge on any atom is -0.381 e. The Morgan fingerprint density at radius 2 is 2.33 bits per heavy atom. The van der Waals surface area contributed by atoms with Gasteiger partial charge < -0.3 is 4.74 Å². The van der Waals surface area contributed by atoms with E-state index in [2.05, 4.69) is 9.97 Å². The molecule has 0 aliphatic heterocycles. The highest BCUT2D eigenvalue weighted by molar-refractivity contribution is 6.29. The van der Waals surface area contributed by atoms with E-state index in [4.69, 9.17) is 16.3 Å². The molecule has 1 unspecified atom stereocenters. The number of nitrogens with zero attached hydrogens (tertiary/aromatic N) is 2. The molecule has 1 heterocycles. The van der Waals surface area contributed by atoms with Crippen molar-refractivity contribution in [1.82, 2.24) is 9.97 Å². The number of halogens is 1. The van der Waals surface area contributed by atoms with Crippen molar-refractivity contribution < 1.29 is 4.74 Å². The molecule has 1 atom stereocenters. The van der Waals surface area contributed by atoms with Crippen molar-refractivity contribution in [3.05, 3.63) is 23.2 Å². The van der Waals surface area contributed by atoms with E-state index in [9.17, 15) is 0 Å². The Balaban J connectivity index is 2.63. The summed E-state index contributed by atoms with van der Waals surface area (Å²) in [6, 6.07) is 0. The minimum absolute atomic E-state index is 0.151. The van der Waals surface area contributed by atoms with Crippen LogP contribution in [-0.2, 0) is 11.2 Å². The van der Waals surface area contributed by atoms with E-state index in [1.807, 2.05) is 6.92 Å². The fourth-order valence-electron chi connectivity index (χ4n) is 0.856. The van der Waals surface area contributed by atoms with Gasteiger partial charge in [0.15, 0.2) is 0 Å². The van der Waals surface area contributed by atoms with Crippen LogP contribution in [0.25, 0.3) is 0 Å². The topological polar surface area (TPSA) is 35.0 Å². The first-order chi connectivity index (χ1) is 5.72. The molecule has 0 amide bonds. The van der Waals surface area contributed by atoms with Crippen LogP contribution in [0.4, 0.5) is 0 Å². The van der Waals surface area contributed by atoms with Crippen molar-refractivity contribution in [2.45, 2.75) is 19.4 Å². The van der Waals surface area contributed by atoms with Crippen LogP contribution < -0.4 is 0 Å². The number of hydrogen-bond donors (Lipinski definition) is 0. The van der Waals surface area contributed by atoms with Crippen LogP contribution in [0.3, 0.4) is 0 Å². The monoisotopic (exact) mass is 186 g/mol. The lowest BCUT2D eigenvalue weighted by Crippen LogP contribution is -2.09. The van der Waals surface area contributed by atoms with Gasteiger partial charge in [-0.3, -0.25) is 4.98 Å². The predicted molar refractivity (Wildman–Crippen MR) is 47.2 cm³/mol. The van der Waals surface area contributed by atoms with Gasteiger partial charge in [0.1, 0.15) is 5.15 Å². The van der Waals surface area contributed by atoms with Gasteiger partial charge in [-0.2, -0.15) is 0 Å². The molecule has 0 aliphatic carbocycles. The molecule has 4 heteroatoms. The highest BCUT2D eigenvalue weighted by Crippen LogP contribution is 2.05. The minimum atomic E-state index is 0.151. The van der Waals surface area contributed by atoms with Gasteiger partial charge >= 0.3 is 0 Å². The maximum absolute atomic E-state index is 5.66. The van der Waals surface area contributed by atoms with Crippen molar-refractivity contribution >= 4 is 11.6 Å². The van der Waals surface area contributed by atoms with Gasteiger partial charge in [0.2, 0.25) is 0 Å². The van der Waals surface area contributed by atoms with E-state index in [1.165, 1.54) is 6.20 Å². The van der Waals surface area contributed by atoms with Gasteiger partial charge in [0, 0.05) is 19.7 Å². The number of methoxy groups -OCH3 is 1. The fourth-order valence-corrected chi connectivity index (χ4v) is 1.02. The molecule has 0 fully saturated rings. The average molecular weight is 187 g/mol. The number of rotatable bonds is 3. The maximum atomic E-state index is 5.66. The Morgan fingerprint density at radius 1 is 1.58 bits per heavy atom. The van der Waals surface area contributed by atoms with Crippen LogP contribution in [-0.4, -0.2) is 23.2 Å². The third-order valence-electron chi connectivity index (χ3n) is 1.55. The molecule has 0 radical (unpaired) electrons. The van der Waals surface area contributed by atoms with E-state index < -0.39 is 0 Å². The summed E-state index contributed by atoms with van der Waals surface area (Å²) in [6.07, 6.45) is 4.10. The van der Waals surface area contributed by atoms with E-state index in [0.717, 1.165) is 12.1 Å². The zero-order valence-corrected chi connectivity index (χ0v) is 7.88. The Hall–Kier alpha value is -0.670. The van der Waals surface area contributed by atoms with E-state index in [-0.39, 0.29) is 6.10 Å². The van der Waals surface area contributed by atoms with Gasteiger partial charge in [-0.25, -0.2) is 4.98 Å². The van der Waals surface area contributed by atoms with Crippen LogP contribution in [0, 0.1) is 0 Å². The first-order valence-electron chi connectivity index (χ1n) is 3.71. The molecule has 12 heavy (non-hydrogen) atoms. The van der Waals surface area contributed by atoms with Crippen LogP contribution in [0.15, 0.2) is 12.4 Å². The fraction of sp³-hybridized carbons (Fsp3) is 0.500. The van der Waals surface area contributed by atoms with Gasteiger partial charge in [-0.15, -0.1) is 0 Å². The summed E-state index contributed by atoms with van der Waals surface area (Å²) in [6.45, 7) is 1.97. The zero-order chi connectivity index (χ0) is 8.97. The highest BCUT2D eigenvalue weighted by atomic mass is 35.5. The third-order valence-corrected chi connectivity index (χ3v) is 1.74. The van der Waals surface area contributed by atoms with Gasteiger partial charge in [-0.05, 0) is 6.92 Å². The Bertz CT molecular complexity index is 255. The Kier molecular flexibility index (Phi) is 3.44. The lowest BCUT2D eigenvalue weighted by atomic mass is 10.2. The quantitative estimate of drug-likeness (QED) is 0.721. The highest BCUT2D eigenvalue weighted by Gasteiger charge is 2.03. The molecule has 66 valence electrons. The summed E-state index contributed by atoms with van der Waals surface area (Å²) >= 11 is 5.66. The molecule has 1 aromatic rings. The van der Waals surface area contributed by atoms with Crippen molar-refractivity contribution in [1.29, 1.82) is 0 Å². The summed E-state index contributed by atoms with van der Waals surface area (Å²) < 4.78 is 5.08. The normalized spacial score (nSPS) is 12.9. The first kappa shape index (κ1) is 9.42. The molecule has 0 aliphatic rings. The summed E-state index contributed by atoms with van der Waals surface area (Å²) in [4.78, 5) is 8.01. The SMILES string of the molecule is COC(C)Cc1cncc(Cl)n1. The first-order valence-corrected chi connectivity index (χ1v) is 4.09. The second-order valence-corrected chi connectivity index (χ2v) is 2.97. The van der Waals surface area contributed by atoms with Crippen molar-refractivity contribution in [2.24, 2.45) is 0 Å². The zero-order valence-electron chi connectivity index (χ0n) is 7.12. The van der Waals surface area contributed by atoms with Gasteiger partial charge in [0.25, 0.3) is 0 Å². The molecule has 0 saturated heterocycles. The summed E-state index contributed by atoms with van der Waals surface area (Å²) in [7, 11) is 1.67. The molecule has 0 N–H and O–H groups in total. The van der Waals surface area contributed by atoms with Crippen molar-refractivity contribution in [3.8, 4) is 0 Å². The Labute approximate surface area is 76.7 Å². The average Bonchev–Trinajstić information content (AvgIpc) is 2.04. The number of ether oxygens (including phenoxy) is 1. The van der Waals surface area contributed by atoms with Crippen molar-refractivity contribution in [3.63, 3.8) is 0 Å². The third kappa shape index (κ3) is 2.75. The van der Waals surface area contributed by atoms with Crippen LogP contribution >= 0.6 is 11.6 Å². The molecule has 0 bridgehead atoms. The van der Waals surface area contributed by atoms with Gasteiger partial charge in [0.05, 0.1) is 18.0 Å². The Morgan fingerprint density at radius 3 is 2.92 bits per heavy atom. The van der Waals surface area contributed by atoms with Crippen molar-refractivity contribution in [2.75, 3.05) is 7.11 Å². The molecule has 3 nitrogen and oxygen atoms in total. The standard InChI is InChI=1S/C8H11ClN2O/c1-6(12-2)3-7-4-10-5-8(9)11-7/h4-6H,3H2,1-2H3. The van der Waals surface area contributed by atoms with Crippen LogP contribution in [0.2, 0.25) is 5.15 Å². The molecule has 0 spiro atoms. The van der Waals surface area contributed by atoms with E-state index in [0.29, 0.717) is 5.15 Å². The maximum Gasteiger partial charge on any atom is 0.147 e. The molecule has 0 saturated carbocycles. The molecule has 1 aromatic heterocycles. The number of aromatic nitrogens is 2. The molecular formula is C8H11ClN2O.